The van der Waals surface area contributed by atoms with E-state index in [1.807, 2.05) is 61.5 Å². The lowest BCUT2D eigenvalue weighted by atomic mass is 10.1. The highest BCUT2D eigenvalue weighted by Crippen LogP contribution is 2.23. The lowest BCUT2D eigenvalue weighted by Gasteiger charge is -2.24. The number of halogens is 1. The first-order valence-electron chi connectivity index (χ1n) is 9.61. The van der Waals surface area contributed by atoms with E-state index in [4.69, 9.17) is 11.6 Å². The van der Waals surface area contributed by atoms with Crippen LogP contribution in [-0.4, -0.2) is 23.8 Å². The second-order valence-corrected chi connectivity index (χ2v) is 7.40. The van der Waals surface area contributed by atoms with Crippen molar-refractivity contribution in [2.75, 3.05) is 12.4 Å². The Morgan fingerprint density at radius 2 is 1.70 bits per heavy atom. The van der Waals surface area contributed by atoms with Gasteiger partial charge in [-0.05, 0) is 60.5 Å². The average Bonchev–Trinajstić information content (AvgIpc) is 2.77. The van der Waals surface area contributed by atoms with Crippen molar-refractivity contribution >= 4 is 35.2 Å². The molecule has 1 unspecified atom stereocenters. The van der Waals surface area contributed by atoms with Crippen molar-refractivity contribution in [1.29, 1.82) is 0 Å². The first-order valence-corrected chi connectivity index (χ1v) is 9.98. The second-order valence-electron chi connectivity index (χ2n) is 6.96. The summed E-state index contributed by atoms with van der Waals surface area (Å²) in [6.45, 7) is 1.95. The van der Waals surface area contributed by atoms with Gasteiger partial charge in [0.2, 0.25) is 5.91 Å². The zero-order valence-corrected chi connectivity index (χ0v) is 17.6. The van der Waals surface area contributed by atoms with Crippen LogP contribution in [0.1, 0.15) is 34.5 Å². The van der Waals surface area contributed by atoms with Crippen molar-refractivity contribution in [3.05, 3.63) is 107 Å². The third-order valence-corrected chi connectivity index (χ3v) is 5.09. The quantitative estimate of drug-likeness (QED) is 0.512. The van der Waals surface area contributed by atoms with Crippen molar-refractivity contribution in [2.24, 2.45) is 0 Å². The van der Waals surface area contributed by atoms with E-state index < -0.39 is 0 Å². The topological polar surface area (TPSA) is 49.4 Å². The lowest BCUT2D eigenvalue weighted by Crippen LogP contribution is -2.28. The van der Waals surface area contributed by atoms with Gasteiger partial charge in [0.1, 0.15) is 0 Å². The van der Waals surface area contributed by atoms with Crippen LogP contribution in [0.2, 0.25) is 5.02 Å². The average molecular weight is 419 g/mol. The molecule has 5 heteroatoms. The number of hydrogen-bond donors (Lipinski definition) is 1. The van der Waals surface area contributed by atoms with Crippen LogP contribution >= 0.6 is 11.6 Å². The van der Waals surface area contributed by atoms with Gasteiger partial charge in [0.15, 0.2) is 0 Å². The summed E-state index contributed by atoms with van der Waals surface area (Å²) < 4.78 is 0. The van der Waals surface area contributed by atoms with Crippen LogP contribution in [0.4, 0.5) is 5.69 Å². The number of rotatable bonds is 6. The van der Waals surface area contributed by atoms with Crippen LogP contribution in [0.25, 0.3) is 6.08 Å². The van der Waals surface area contributed by atoms with E-state index >= 15 is 0 Å². The third-order valence-electron chi connectivity index (χ3n) is 4.86. The van der Waals surface area contributed by atoms with Gasteiger partial charge in [-0.2, -0.15) is 0 Å². The molecule has 0 heterocycles. The molecule has 152 valence electrons. The van der Waals surface area contributed by atoms with E-state index in [1.165, 1.54) is 6.08 Å². The highest BCUT2D eigenvalue weighted by molar-refractivity contribution is 6.30. The zero-order chi connectivity index (χ0) is 21.5. The third kappa shape index (κ3) is 5.58. The van der Waals surface area contributed by atoms with Crippen LogP contribution in [0, 0.1) is 0 Å². The van der Waals surface area contributed by atoms with Crippen molar-refractivity contribution < 1.29 is 9.59 Å². The highest BCUT2D eigenvalue weighted by atomic mass is 35.5. The summed E-state index contributed by atoms with van der Waals surface area (Å²) in [5.74, 6) is -0.296. The molecule has 2 amide bonds. The van der Waals surface area contributed by atoms with Crippen LogP contribution in [0.15, 0.2) is 84.9 Å². The number of hydrogen-bond acceptors (Lipinski definition) is 2. The molecule has 3 rings (SSSR count). The van der Waals surface area contributed by atoms with Gasteiger partial charge in [-0.3, -0.25) is 9.59 Å². The Hall–Kier alpha value is -3.37. The van der Waals surface area contributed by atoms with Gasteiger partial charge in [0.05, 0.1) is 6.04 Å². The fourth-order valence-corrected chi connectivity index (χ4v) is 3.18. The van der Waals surface area contributed by atoms with Gasteiger partial charge in [0.25, 0.3) is 5.91 Å². The fourth-order valence-electron chi connectivity index (χ4n) is 2.98. The molecule has 3 aromatic carbocycles. The Labute approximate surface area is 181 Å². The molecule has 0 fully saturated rings. The van der Waals surface area contributed by atoms with Crippen LogP contribution < -0.4 is 5.32 Å². The van der Waals surface area contributed by atoms with Gasteiger partial charge in [-0.25, -0.2) is 0 Å². The molecule has 0 spiro atoms. The molecular weight excluding hydrogens is 396 g/mol. The molecule has 3 aromatic rings. The summed E-state index contributed by atoms with van der Waals surface area (Å²) in [5.41, 5.74) is 3.06. The van der Waals surface area contributed by atoms with E-state index in [-0.39, 0.29) is 17.9 Å². The Morgan fingerprint density at radius 3 is 2.43 bits per heavy atom. The molecule has 1 atom stereocenters. The molecule has 0 aromatic heterocycles. The minimum Gasteiger partial charge on any atom is -0.335 e. The zero-order valence-electron chi connectivity index (χ0n) is 16.9. The maximum atomic E-state index is 12.6. The number of nitrogens with zero attached hydrogens (tertiary/aromatic N) is 1. The van der Waals surface area contributed by atoms with Crippen molar-refractivity contribution in [3.8, 4) is 0 Å². The highest BCUT2D eigenvalue weighted by Gasteiger charge is 2.16. The van der Waals surface area contributed by atoms with Crippen molar-refractivity contribution in [2.45, 2.75) is 13.0 Å². The first-order chi connectivity index (χ1) is 14.4. The molecular formula is C25H23ClN2O2. The Morgan fingerprint density at radius 1 is 0.967 bits per heavy atom. The van der Waals surface area contributed by atoms with Gasteiger partial charge in [0, 0.05) is 29.4 Å². The SMILES string of the molecule is CC(c1cccc(NC(=O)c2ccccc2)c1)N(C)C(=O)/C=C/c1cccc(Cl)c1. The van der Waals surface area contributed by atoms with E-state index in [1.54, 1.807) is 42.3 Å². The fraction of sp³-hybridized carbons (Fsp3) is 0.120. The minimum atomic E-state index is -0.172. The summed E-state index contributed by atoms with van der Waals surface area (Å²) in [4.78, 5) is 26.6. The van der Waals surface area contributed by atoms with Crippen molar-refractivity contribution in [1.82, 2.24) is 4.90 Å². The van der Waals surface area contributed by atoms with Crippen LogP contribution in [0.5, 0.6) is 0 Å². The Balaban J connectivity index is 1.68. The summed E-state index contributed by atoms with van der Waals surface area (Å²) in [6, 6.07) is 23.7. The van der Waals surface area contributed by atoms with Crippen molar-refractivity contribution in [3.63, 3.8) is 0 Å². The molecule has 30 heavy (non-hydrogen) atoms. The van der Waals surface area contributed by atoms with E-state index in [0.29, 0.717) is 16.3 Å². The maximum Gasteiger partial charge on any atom is 0.255 e. The second kappa shape index (κ2) is 9.90. The van der Waals surface area contributed by atoms with Gasteiger partial charge in [-0.15, -0.1) is 0 Å². The molecule has 0 saturated carbocycles. The molecule has 0 bridgehead atoms. The first kappa shape index (κ1) is 21.3. The molecule has 0 radical (unpaired) electrons. The normalized spacial score (nSPS) is 11.8. The molecule has 0 aliphatic heterocycles. The smallest absolute Gasteiger partial charge is 0.255 e. The number of carbonyl (C=O) groups excluding carboxylic acids is 2. The molecule has 0 saturated heterocycles. The van der Waals surface area contributed by atoms with E-state index in [9.17, 15) is 9.59 Å². The van der Waals surface area contributed by atoms with Crippen LogP contribution in [0.3, 0.4) is 0 Å². The molecule has 4 nitrogen and oxygen atoms in total. The van der Waals surface area contributed by atoms with E-state index in [2.05, 4.69) is 5.32 Å². The van der Waals surface area contributed by atoms with Crippen LogP contribution in [-0.2, 0) is 4.79 Å². The standard InChI is InChI=1S/C25H23ClN2O2/c1-18(28(2)24(29)15-14-19-8-6-12-22(26)16-19)21-11-7-13-23(17-21)27-25(30)20-9-4-3-5-10-20/h3-18H,1-2H3,(H,27,30)/b15-14+. The van der Waals surface area contributed by atoms with E-state index in [0.717, 1.165) is 11.1 Å². The van der Waals surface area contributed by atoms with Gasteiger partial charge in [-0.1, -0.05) is 54.1 Å². The Bertz CT molecular complexity index is 1060. The number of nitrogens with one attached hydrogen (secondary N) is 1. The lowest BCUT2D eigenvalue weighted by molar-refractivity contribution is -0.126. The predicted octanol–water partition coefficient (Wildman–Crippen LogP) is 5.83. The summed E-state index contributed by atoms with van der Waals surface area (Å²) in [5, 5.41) is 3.53. The number of benzene rings is 3. The molecule has 1 N–H and O–H groups in total. The maximum absolute atomic E-state index is 12.6. The van der Waals surface area contributed by atoms with Gasteiger partial charge < -0.3 is 10.2 Å². The van der Waals surface area contributed by atoms with Gasteiger partial charge >= 0.3 is 0 Å². The predicted molar refractivity (Wildman–Crippen MR) is 123 cm³/mol. The molecule has 0 aliphatic rings. The minimum absolute atomic E-state index is 0.124. The summed E-state index contributed by atoms with van der Waals surface area (Å²) >= 11 is 5.98. The molecule has 0 aliphatic carbocycles. The summed E-state index contributed by atoms with van der Waals surface area (Å²) in [6.07, 6.45) is 3.27. The Kier molecular flexibility index (Phi) is 7.04. The number of amides is 2. The monoisotopic (exact) mass is 418 g/mol. The number of anilines is 1. The number of likely N-dealkylation sites (N-methyl/N-ethyl adjacent to an activating group) is 1. The largest absolute Gasteiger partial charge is 0.335 e. The number of carbonyl (C=O) groups is 2. The summed E-state index contributed by atoms with van der Waals surface area (Å²) in [7, 11) is 1.75.